The van der Waals surface area contributed by atoms with E-state index >= 15 is 0 Å². The van der Waals surface area contributed by atoms with E-state index in [2.05, 4.69) is 13.8 Å². The van der Waals surface area contributed by atoms with E-state index in [1.165, 1.54) is 10.9 Å². The van der Waals surface area contributed by atoms with Gasteiger partial charge in [0.1, 0.15) is 0 Å². The van der Waals surface area contributed by atoms with Crippen LogP contribution in [0.1, 0.15) is 33.1 Å². The first kappa shape index (κ1) is 8.96. The monoisotopic (exact) mass is 229 g/mol. The number of hydrogen-bond donors (Lipinski definition) is 0. The number of rotatable bonds is 0. The largest absolute Gasteiger partial charge is 0.254 e. The molecule has 0 aromatic rings. The van der Waals surface area contributed by atoms with Crippen LogP contribution in [0.2, 0.25) is 0 Å². The molecular formula is C10H15NO3S. The maximum Gasteiger partial charge on any atom is 0.239 e. The van der Waals surface area contributed by atoms with Gasteiger partial charge in [-0.25, -0.2) is 8.42 Å². The summed E-state index contributed by atoms with van der Waals surface area (Å²) in [5, 5.41) is 0. The molecule has 2 aliphatic heterocycles. The summed E-state index contributed by atoms with van der Waals surface area (Å²) < 4.78 is 25.1. The van der Waals surface area contributed by atoms with Crippen LogP contribution in [0.5, 0.6) is 0 Å². The third kappa shape index (κ3) is 0.626. The van der Waals surface area contributed by atoms with E-state index in [-0.39, 0.29) is 10.8 Å². The molecule has 0 N–H and O–H groups in total. The quantitative estimate of drug-likeness (QED) is 0.584. The van der Waals surface area contributed by atoms with Crippen molar-refractivity contribution < 1.29 is 13.3 Å². The molecule has 5 heteroatoms. The molecule has 1 unspecified atom stereocenters. The van der Waals surface area contributed by atoms with Gasteiger partial charge >= 0.3 is 0 Å². The molecule has 4 aliphatic rings. The van der Waals surface area contributed by atoms with Gasteiger partial charge in [-0.3, -0.25) is 4.84 Å². The Kier molecular flexibility index (Phi) is 1.13. The Labute approximate surface area is 89.6 Å². The molecule has 15 heavy (non-hydrogen) atoms. The average molecular weight is 229 g/mol. The van der Waals surface area contributed by atoms with Crippen molar-refractivity contribution in [3.63, 3.8) is 0 Å². The highest BCUT2D eigenvalue weighted by Crippen LogP contribution is 2.80. The maximum atomic E-state index is 11.9. The van der Waals surface area contributed by atoms with Crippen molar-refractivity contribution in [2.45, 2.75) is 38.8 Å². The highest BCUT2D eigenvalue weighted by molar-refractivity contribution is 7.89. The van der Waals surface area contributed by atoms with Crippen LogP contribution in [0, 0.1) is 16.7 Å². The summed E-state index contributed by atoms with van der Waals surface area (Å²) in [5.41, 5.74) is -0.545. The van der Waals surface area contributed by atoms with Gasteiger partial charge in [-0.05, 0) is 29.6 Å². The lowest BCUT2D eigenvalue weighted by atomic mass is 9.67. The zero-order valence-corrected chi connectivity index (χ0v) is 9.80. The molecule has 2 aliphatic carbocycles. The van der Waals surface area contributed by atoms with Crippen molar-refractivity contribution in [3.8, 4) is 0 Å². The molecule has 4 fully saturated rings. The van der Waals surface area contributed by atoms with E-state index in [1.807, 2.05) is 0 Å². The number of nitrogens with zero attached hydrogens (tertiary/aromatic N) is 1. The fourth-order valence-corrected chi connectivity index (χ4v) is 6.96. The van der Waals surface area contributed by atoms with E-state index in [0.29, 0.717) is 11.7 Å². The smallest absolute Gasteiger partial charge is 0.239 e. The Balaban J connectivity index is 1.99. The Morgan fingerprint density at radius 2 is 2.13 bits per heavy atom. The van der Waals surface area contributed by atoms with Crippen LogP contribution in [-0.4, -0.2) is 24.4 Å². The van der Waals surface area contributed by atoms with Crippen molar-refractivity contribution in [3.05, 3.63) is 0 Å². The second-order valence-electron chi connectivity index (χ2n) is 6.16. The van der Waals surface area contributed by atoms with Crippen LogP contribution in [0.3, 0.4) is 0 Å². The highest BCUT2D eigenvalue weighted by atomic mass is 32.2. The Bertz CT molecular complexity index is 471. The Morgan fingerprint density at radius 3 is 2.73 bits per heavy atom. The van der Waals surface area contributed by atoms with Crippen molar-refractivity contribution >= 4 is 10.0 Å². The first-order valence-corrected chi connectivity index (χ1v) is 7.19. The van der Waals surface area contributed by atoms with E-state index < -0.39 is 15.7 Å². The zero-order valence-electron chi connectivity index (χ0n) is 8.99. The van der Waals surface area contributed by atoms with Gasteiger partial charge in [0.2, 0.25) is 10.0 Å². The van der Waals surface area contributed by atoms with Crippen LogP contribution in [-0.2, 0) is 14.9 Å². The topological polar surface area (TPSA) is 49.7 Å². The van der Waals surface area contributed by atoms with Crippen molar-refractivity contribution in [2.24, 2.45) is 16.7 Å². The van der Waals surface area contributed by atoms with Gasteiger partial charge in [-0.1, -0.05) is 13.8 Å². The van der Waals surface area contributed by atoms with Gasteiger partial charge in [0.25, 0.3) is 0 Å². The third-order valence-corrected chi connectivity index (χ3v) is 7.13. The van der Waals surface area contributed by atoms with E-state index in [1.54, 1.807) is 0 Å². The maximum absolute atomic E-state index is 11.9. The third-order valence-electron chi connectivity index (χ3n) is 5.37. The minimum atomic E-state index is -3.12. The summed E-state index contributed by atoms with van der Waals surface area (Å²) in [7, 11) is -3.12. The summed E-state index contributed by atoms with van der Waals surface area (Å²) in [6.07, 6.45) is 3.23. The van der Waals surface area contributed by atoms with Crippen molar-refractivity contribution in [1.29, 1.82) is 0 Å². The van der Waals surface area contributed by atoms with Gasteiger partial charge in [0.05, 0.1) is 5.75 Å². The predicted octanol–water partition coefficient (Wildman–Crippen LogP) is 1.10. The van der Waals surface area contributed by atoms with Crippen LogP contribution in [0.4, 0.5) is 0 Å². The lowest BCUT2D eigenvalue weighted by molar-refractivity contribution is 0.0327. The van der Waals surface area contributed by atoms with Gasteiger partial charge in [-0.2, -0.15) is 0 Å². The number of fused-ring (bicyclic) bond motifs is 1. The van der Waals surface area contributed by atoms with Crippen LogP contribution < -0.4 is 0 Å². The molecule has 0 aromatic heterocycles. The van der Waals surface area contributed by atoms with E-state index in [0.717, 1.165) is 12.8 Å². The summed E-state index contributed by atoms with van der Waals surface area (Å²) in [6.45, 7) is 4.33. The van der Waals surface area contributed by atoms with Gasteiger partial charge in [0.15, 0.2) is 5.72 Å². The van der Waals surface area contributed by atoms with E-state index in [4.69, 9.17) is 4.84 Å². The molecular weight excluding hydrogens is 214 g/mol. The van der Waals surface area contributed by atoms with Crippen molar-refractivity contribution in [2.75, 3.05) is 5.75 Å². The second-order valence-corrected chi connectivity index (χ2v) is 7.94. The molecule has 0 radical (unpaired) electrons. The fourth-order valence-electron chi connectivity index (χ4n) is 4.64. The molecule has 2 saturated carbocycles. The summed E-state index contributed by atoms with van der Waals surface area (Å²) >= 11 is 0. The molecule has 2 bridgehead atoms. The van der Waals surface area contributed by atoms with Gasteiger partial charge in [-0.15, -0.1) is 0 Å². The fraction of sp³-hybridized carbons (Fsp3) is 1.00. The van der Waals surface area contributed by atoms with Crippen LogP contribution >= 0.6 is 0 Å². The molecule has 4 nitrogen and oxygen atoms in total. The molecule has 0 aromatic carbocycles. The highest BCUT2D eigenvalue weighted by Gasteiger charge is 2.90. The molecule has 0 amide bonds. The molecule has 4 rings (SSSR count). The normalized spacial score (nSPS) is 61.5. The lowest BCUT2D eigenvalue weighted by Crippen LogP contribution is -2.45. The van der Waals surface area contributed by atoms with Crippen molar-refractivity contribution in [1.82, 2.24) is 4.47 Å². The minimum Gasteiger partial charge on any atom is -0.254 e. The first-order chi connectivity index (χ1) is 6.86. The standard InChI is InChI=1S/C10H15NO3S/c1-8(2)7-3-4-9(5-7)6-15(12,13)11-10(8,9)14-11/h7H,3-6H2,1-2H3/t7-,9+,10-,11?/m0/s1. The summed E-state index contributed by atoms with van der Waals surface area (Å²) in [4.78, 5) is 5.56. The first-order valence-electron chi connectivity index (χ1n) is 5.58. The van der Waals surface area contributed by atoms with Crippen LogP contribution in [0.15, 0.2) is 0 Å². The molecule has 2 heterocycles. The lowest BCUT2D eigenvalue weighted by Gasteiger charge is -2.37. The molecule has 2 spiro atoms. The SMILES string of the molecule is CC1(C)[C@H]2CC[C@@]3(C2)CS(=O)(=O)N2O[C@@]213. The number of hydrogen-bond acceptors (Lipinski definition) is 3. The second kappa shape index (κ2) is 1.89. The Morgan fingerprint density at radius 1 is 1.40 bits per heavy atom. The summed E-state index contributed by atoms with van der Waals surface area (Å²) in [6, 6.07) is 0. The Hall–Kier alpha value is -0.130. The predicted molar refractivity (Wildman–Crippen MR) is 53.0 cm³/mol. The molecule has 4 atom stereocenters. The van der Waals surface area contributed by atoms with Crippen LogP contribution in [0.25, 0.3) is 0 Å². The minimum absolute atomic E-state index is 0.00514. The van der Waals surface area contributed by atoms with Gasteiger partial charge in [0, 0.05) is 10.8 Å². The summed E-state index contributed by atoms with van der Waals surface area (Å²) in [5.74, 6) is 0.956. The number of sulfonamides is 1. The van der Waals surface area contributed by atoms with Gasteiger partial charge < -0.3 is 0 Å². The molecule has 84 valence electrons. The number of hydroxylamine groups is 1. The molecule has 2 saturated heterocycles. The van der Waals surface area contributed by atoms with E-state index in [9.17, 15) is 8.42 Å². The zero-order chi connectivity index (χ0) is 10.7. The average Bonchev–Trinajstić information content (AvgIpc) is 2.67.